The molecule has 1 aromatic carbocycles. The van der Waals surface area contributed by atoms with Gasteiger partial charge in [-0.1, -0.05) is 39.0 Å². The normalized spacial score (nSPS) is 15.9. The van der Waals surface area contributed by atoms with Crippen LogP contribution in [0.1, 0.15) is 46.1 Å². The minimum absolute atomic E-state index is 0.0190. The topological polar surface area (TPSA) is 55.8 Å². The zero-order chi connectivity index (χ0) is 19.2. The van der Waals surface area contributed by atoms with Crippen molar-refractivity contribution < 1.29 is 19.1 Å². The van der Waals surface area contributed by atoms with Crippen LogP contribution in [-0.2, 0) is 19.7 Å². The van der Waals surface area contributed by atoms with Crippen LogP contribution in [0.15, 0.2) is 36.4 Å². The first-order valence-electron chi connectivity index (χ1n) is 9.21. The van der Waals surface area contributed by atoms with Gasteiger partial charge in [0.05, 0.1) is 6.61 Å². The van der Waals surface area contributed by atoms with Gasteiger partial charge in [0.25, 0.3) is 0 Å². The number of carbonyl (C=O) groups is 2. The molecule has 1 fully saturated rings. The predicted octanol–water partition coefficient (Wildman–Crippen LogP) is 3.47. The molecule has 0 saturated carbocycles. The molecule has 5 heteroatoms. The molecule has 1 aliphatic heterocycles. The molecule has 26 heavy (non-hydrogen) atoms. The number of amides is 1. The Morgan fingerprint density at radius 2 is 1.81 bits per heavy atom. The largest absolute Gasteiger partial charge is 0.490 e. The van der Waals surface area contributed by atoms with Crippen molar-refractivity contribution in [2.24, 2.45) is 0 Å². The number of esters is 1. The van der Waals surface area contributed by atoms with Gasteiger partial charge in [-0.15, -0.1) is 0 Å². The standard InChI is InChI=1S/C21H29NO4/c1-5-25-20(24)11-10-19(23)22-14-12-16(13-15-22)26-18-9-7-6-8-17(18)21(2,3)4/h6-11,16H,5,12-15H2,1-4H3/b11-10+. The van der Waals surface area contributed by atoms with Crippen LogP contribution in [0, 0.1) is 0 Å². The Bertz CT molecular complexity index is 652. The zero-order valence-electron chi connectivity index (χ0n) is 16.2. The molecule has 1 amide bonds. The van der Waals surface area contributed by atoms with Gasteiger partial charge in [0.15, 0.2) is 0 Å². The number of rotatable bonds is 5. The van der Waals surface area contributed by atoms with Gasteiger partial charge in [0.2, 0.25) is 5.91 Å². The summed E-state index contributed by atoms with van der Waals surface area (Å²) in [5.41, 5.74) is 1.21. The van der Waals surface area contributed by atoms with Crippen LogP contribution in [0.3, 0.4) is 0 Å². The smallest absolute Gasteiger partial charge is 0.330 e. The van der Waals surface area contributed by atoms with Crippen molar-refractivity contribution in [1.82, 2.24) is 4.90 Å². The van der Waals surface area contributed by atoms with Gasteiger partial charge >= 0.3 is 5.97 Å². The number of hydrogen-bond donors (Lipinski definition) is 0. The fourth-order valence-electron chi connectivity index (χ4n) is 3.00. The highest BCUT2D eigenvalue weighted by Gasteiger charge is 2.25. The predicted molar refractivity (Wildman–Crippen MR) is 101 cm³/mol. The summed E-state index contributed by atoms with van der Waals surface area (Å²) in [4.78, 5) is 25.2. The Kier molecular flexibility index (Phi) is 6.83. The molecular formula is C21H29NO4. The first kappa shape index (κ1) is 20.0. The number of benzene rings is 1. The molecule has 1 saturated heterocycles. The number of likely N-dealkylation sites (tertiary alicyclic amines) is 1. The Hall–Kier alpha value is -2.30. The Balaban J connectivity index is 1.90. The number of hydrogen-bond acceptors (Lipinski definition) is 4. The number of para-hydroxylation sites is 1. The van der Waals surface area contributed by atoms with Crippen LogP contribution < -0.4 is 4.74 Å². The van der Waals surface area contributed by atoms with Crippen molar-refractivity contribution in [3.63, 3.8) is 0 Å². The van der Waals surface area contributed by atoms with Crippen LogP contribution >= 0.6 is 0 Å². The zero-order valence-corrected chi connectivity index (χ0v) is 16.2. The second kappa shape index (κ2) is 8.88. The van der Waals surface area contributed by atoms with Crippen LogP contribution in [0.5, 0.6) is 5.75 Å². The lowest BCUT2D eigenvalue weighted by atomic mass is 9.86. The first-order chi connectivity index (χ1) is 12.3. The van der Waals surface area contributed by atoms with Gasteiger partial charge in [-0.05, 0) is 24.0 Å². The summed E-state index contributed by atoms with van der Waals surface area (Å²) < 4.78 is 11.0. The third-order valence-electron chi connectivity index (χ3n) is 4.39. The maximum Gasteiger partial charge on any atom is 0.330 e. The highest BCUT2D eigenvalue weighted by atomic mass is 16.5. The molecule has 0 unspecified atom stereocenters. The summed E-state index contributed by atoms with van der Waals surface area (Å²) in [5.74, 6) is 0.274. The Labute approximate surface area is 156 Å². The van der Waals surface area contributed by atoms with E-state index in [4.69, 9.17) is 9.47 Å². The number of nitrogens with zero attached hydrogens (tertiary/aromatic N) is 1. The van der Waals surface area contributed by atoms with Crippen LogP contribution in [-0.4, -0.2) is 42.6 Å². The van der Waals surface area contributed by atoms with E-state index in [1.165, 1.54) is 17.7 Å². The van der Waals surface area contributed by atoms with Crippen LogP contribution in [0.25, 0.3) is 0 Å². The van der Waals surface area contributed by atoms with Crippen molar-refractivity contribution in [2.75, 3.05) is 19.7 Å². The van der Waals surface area contributed by atoms with Gasteiger partial charge in [-0.25, -0.2) is 4.79 Å². The van der Waals surface area contributed by atoms with E-state index in [1.54, 1.807) is 11.8 Å². The second-order valence-corrected chi connectivity index (χ2v) is 7.47. The molecule has 5 nitrogen and oxygen atoms in total. The molecule has 0 aromatic heterocycles. The van der Waals surface area contributed by atoms with Crippen LogP contribution in [0.4, 0.5) is 0 Å². The summed E-state index contributed by atoms with van der Waals surface area (Å²) in [5, 5.41) is 0. The minimum atomic E-state index is -0.488. The van der Waals surface area contributed by atoms with Gasteiger partial charge in [0, 0.05) is 38.1 Å². The van der Waals surface area contributed by atoms with E-state index in [2.05, 4.69) is 26.8 Å². The average Bonchev–Trinajstić information content (AvgIpc) is 2.60. The fourth-order valence-corrected chi connectivity index (χ4v) is 3.00. The summed E-state index contributed by atoms with van der Waals surface area (Å²) in [6.45, 7) is 9.79. The monoisotopic (exact) mass is 359 g/mol. The average molecular weight is 359 g/mol. The third-order valence-corrected chi connectivity index (χ3v) is 4.39. The Morgan fingerprint density at radius 3 is 2.42 bits per heavy atom. The van der Waals surface area contributed by atoms with Gasteiger partial charge in [-0.3, -0.25) is 4.79 Å². The second-order valence-electron chi connectivity index (χ2n) is 7.47. The molecule has 1 heterocycles. The molecule has 0 radical (unpaired) electrons. The summed E-state index contributed by atoms with van der Waals surface area (Å²) in [7, 11) is 0. The van der Waals surface area contributed by atoms with E-state index in [0.717, 1.165) is 18.6 Å². The van der Waals surface area contributed by atoms with Crippen molar-refractivity contribution in [3.8, 4) is 5.75 Å². The van der Waals surface area contributed by atoms with Crippen molar-refractivity contribution in [3.05, 3.63) is 42.0 Å². The van der Waals surface area contributed by atoms with E-state index in [0.29, 0.717) is 19.7 Å². The van der Waals surface area contributed by atoms with Gasteiger partial charge in [0.1, 0.15) is 11.9 Å². The molecule has 0 bridgehead atoms. The van der Waals surface area contributed by atoms with E-state index < -0.39 is 5.97 Å². The van der Waals surface area contributed by atoms with E-state index in [-0.39, 0.29) is 17.4 Å². The highest BCUT2D eigenvalue weighted by Crippen LogP contribution is 2.32. The van der Waals surface area contributed by atoms with Crippen molar-refractivity contribution in [1.29, 1.82) is 0 Å². The molecule has 0 spiro atoms. The molecular weight excluding hydrogens is 330 g/mol. The van der Waals surface area contributed by atoms with Crippen LogP contribution in [0.2, 0.25) is 0 Å². The highest BCUT2D eigenvalue weighted by molar-refractivity contribution is 5.94. The lowest BCUT2D eigenvalue weighted by molar-refractivity contribution is -0.137. The number of carbonyl (C=O) groups excluding carboxylic acids is 2. The van der Waals surface area contributed by atoms with E-state index >= 15 is 0 Å². The quantitative estimate of drug-likeness (QED) is 0.597. The van der Waals surface area contributed by atoms with E-state index in [9.17, 15) is 9.59 Å². The molecule has 2 rings (SSSR count). The number of ether oxygens (including phenoxy) is 2. The lowest BCUT2D eigenvalue weighted by Gasteiger charge is -2.33. The van der Waals surface area contributed by atoms with E-state index in [1.807, 2.05) is 18.2 Å². The first-order valence-corrected chi connectivity index (χ1v) is 9.21. The Morgan fingerprint density at radius 1 is 1.15 bits per heavy atom. The van der Waals surface area contributed by atoms with Crippen molar-refractivity contribution in [2.45, 2.75) is 52.1 Å². The fraction of sp³-hybridized carbons (Fsp3) is 0.524. The minimum Gasteiger partial charge on any atom is -0.490 e. The summed E-state index contributed by atoms with van der Waals surface area (Å²) in [6, 6.07) is 8.14. The maximum absolute atomic E-state index is 12.1. The lowest BCUT2D eigenvalue weighted by Crippen LogP contribution is -2.41. The summed E-state index contributed by atoms with van der Waals surface area (Å²) >= 11 is 0. The molecule has 0 aliphatic carbocycles. The van der Waals surface area contributed by atoms with Gasteiger partial charge < -0.3 is 14.4 Å². The number of piperidine rings is 1. The molecule has 142 valence electrons. The molecule has 0 atom stereocenters. The summed E-state index contributed by atoms with van der Waals surface area (Å²) in [6.07, 6.45) is 4.12. The van der Waals surface area contributed by atoms with Gasteiger partial charge in [-0.2, -0.15) is 0 Å². The SMILES string of the molecule is CCOC(=O)/C=C/C(=O)N1CCC(Oc2ccccc2C(C)(C)C)CC1. The maximum atomic E-state index is 12.1. The van der Waals surface area contributed by atoms with Crippen molar-refractivity contribution >= 4 is 11.9 Å². The molecule has 0 N–H and O–H groups in total. The molecule has 1 aromatic rings. The third kappa shape index (κ3) is 5.61. The molecule has 1 aliphatic rings.